The van der Waals surface area contributed by atoms with Gasteiger partial charge in [-0.2, -0.15) is 0 Å². The van der Waals surface area contributed by atoms with Crippen LogP contribution in [-0.2, 0) is 6.54 Å². The quantitative estimate of drug-likeness (QED) is 0.881. The molecule has 0 aliphatic rings. The molecule has 19 heavy (non-hydrogen) atoms. The van der Waals surface area contributed by atoms with Crippen molar-refractivity contribution < 1.29 is 5.11 Å². The fourth-order valence-corrected chi connectivity index (χ4v) is 3.07. The van der Waals surface area contributed by atoms with E-state index in [0.717, 1.165) is 23.7 Å². The van der Waals surface area contributed by atoms with Crippen molar-refractivity contribution in [2.45, 2.75) is 25.9 Å². The van der Waals surface area contributed by atoms with Crippen LogP contribution in [0.15, 0.2) is 35.7 Å². The van der Waals surface area contributed by atoms with Gasteiger partial charge in [0, 0.05) is 23.7 Å². The molecule has 3 nitrogen and oxygen atoms in total. The van der Waals surface area contributed by atoms with E-state index in [1.807, 2.05) is 25.1 Å². The van der Waals surface area contributed by atoms with E-state index < -0.39 is 0 Å². The molecule has 1 aromatic heterocycles. The fraction of sp³-hybridized carbons (Fsp3) is 0.400. The number of rotatable bonds is 6. The highest BCUT2D eigenvalue weighted by Gasteiger charge is 2.17. The Morgan fingerprint density at radius 1 is 1.32 bits per heavy atom. The standard InChI is InChI=1S/C15H20N2OS/c1-12-11-19-15(16-12)10-17(2)14(8-9-18)13-6-4-3-5-7-13/h3-7,11,14,18H,8-10H2,1-2H3. The monoisotopic (exact) mass is 276 g/mol. The summed E-state index contributed by atoms with van der Waals surface area (Å²) in [7, 11) is 2.09. The number of aliphatic hydroxyl groups excluding tert-OH is 1. The first-order valence-corrected chi connectivity index (χ1v) is 7.35. The number of nitrogens with zero attached hydrogens (tertiary/aromatic N) is 2. The summed E-state index contributed by atoms with van der Waals surface area (Å²) < 4.78 is 0. The Labute approximate surface area is 118 Å². The van der Waals surface area contributed by atoms with Gasteiger partial charge in [-0.25, -0.2) is 4.98 Å². The van der Waals surface area contributed by atoms with E-state index in [4.69, 9.17) is 0 Å². The van der Waals surface area contributed by atoms with Crippen LogP contribution in [0.3, 0.4) is 0 Å². The van der Waals surface area contributed by atoms with Gasteiger partial charge in [-0.05, 0) is 26.0 Å². The molecule has 0 aliphatic carbocycles. The van der Waals surface area contributed by atoms with Crippen molar-refractivity contribution in [3.63, 3.8) is 0 Å². The average molecular weight is 276 g/mol. The molecule has 0 bridgehead atoms. The number of benzene rings is 1. The first-order valence-electron chi connectivity index (χ1n) is 6.47. The maximum absolute atomic E-state index is 9.28. The topological polar surface area (TPSA) is 36.4 Å². The predicted octanol–water partition coefficient (Wildman–Crippen LogP) is 3.01. The van der Waals surface area contributed by atoms with Crippen LogP contribution in [0.1, 0.15) is 28.7 Å². The third-order valence-corrected chi connectivity index (χ3v) is 4.12. The number of hydrogen-bond donors (Lipinski definition) is 1. The van der Waals surface area contributed by atoms with Crippen LogP contribution in [0, 0.1) is 6.92 Å². The number of hydrogen-bond acceptors (Lipinski definition) is 4. The van der Waals surface area contributed by atoms with E-state index >= 15 is 0 Å². The van der Waals surface area contributed by atoms with E-state index in [2.05, 4.69) is 34.4 Å². The highest BCUT2D eigenvalue weighted by Crippen LogP contribution is 2.25. The third-order valence-electron chi connectivity index (χ3n) is 3.17. The van der Waals surface area contributed by atoms with E-state index in [-0.39, 0.29) is 12.6 Å². The minimum absolute atomic E-state index is 0.195. The summed E-state index contributed by atoms with van der Waals surface area (Å²) in [6.07, 6.45) is 0.741. The molecule has 2 aromatic rings. The first kappa shape index (κ1) is 14.2. The molecule has 102 valence electrons. The highest BCUT2D eigenvalue weighted by molar-refractivity contribution is 7.09. The summed E-state index contributed by atoms with van der Waals surface area (Å²) in [6.45, 7) is 3.03. The molecule has 0 fully saturated rings. The van der Waals surface area contributed by atoms with Crippen LogP contribution in [0.5, 0.6) is 0 Å². The van der Waals surface area contributed by atoms with Crippen LogP contribution < -0.4 is 0 Å². The molecule has 0 aliphatic heterocycles. The van der Waals surface area contributed by atoms with Gasteiger partial charge < -0.3 is 5.11 Å². The van der Waals surface area contributed by atoms with Gasteiger partial charge in [-0.15, -0.1) is 11.3 Å². The number of aryl methyl sites for hydroxylation is 1. The van der Waals surface area contributed by atoms with Crippen molar-refractivity contribution in [2.24, 2.45) is 0 Å². The Morgan fingerprint density at radius 2 is 2.05 bits per heavy atom. The molecular formula is C15H20N2OS. The normalized spacial score (nSPS) is 12.8. The Morgan fingerprint density at radius 3 is 2.63 bits per heavy atom. The second-order valence-electron chi connectivity index (χ2n) is 4.74. The smallest absolute Gasteiger partial charge is 0.107 e. The zero-order valence-electron chi connectivity index (χ0n) is 11.4. The van der Waals surface area contributed by atoms with Crippen LogP contribution in [0.4, 0.5) is 0 Å². The van der Waals surface area contributed by atoms with Gasteiger partial charge in [-0.1, -0.05) is 30.3 Å². The summed E-state index contributed by atoms with van der Waals surface area (Å²) in [4.78, 5) is 6.76. The Kier molecular flexibility index (Phi) is 5.07. The summed E-state index contributed by atoms with van der Waals surface area (Å²) in [6, 6.07) is 10.6. The van der Waals surface area contributed by atoms with Crippen molar-refractivity contribution in [3.8, 4) is 0 Å². The van der Waals surface area contributed by atoms with Gasteiger partial charge in [0.1, 0.15) is 5.01 Å². The summed E-state index contributed by atoms with van der Waals surface area (Å²) >= 11 is 1.69. The van der Waals surface area contributed by atoms with Gasteiger partial charge in [0.2, 0.25) is 0 Å². The third kappa shape index (κ3) is 3.86. The van der Waals surface area contributed by atoms with E-state index in [1.54, 1.807) is 11.3 Å². The van der Waals surface area contributed by atoms with E-state index in [0.29, 0.717) is 0 Å². The molecule has 0 amide bonds. The zero-order valence-corrected chi connectivity index (χ0v) is 12.2. The van der Waals surface area contributed by atoms with E-state index in [9.17, 15) is 5.11 Å². The zero-order chi connectivity index (χ0) is 13.7. The van der Waals surface area contributed by atoms with Crippen LogP contribution in [0.2, 0.25) is 0 Å². The molecule has 1 N–H and O–H groups in total. The lowest BCUT2D eigenvalue weighted by Crippen LogP contribution is -2.25. The molecule has 1 aromatic carbocycles. The Hall–Kier alpha value is -1.23. The number of thiazole rings is 1. The SMILES string of the molecule is Cc1csc(CN(C)C(CCO)c2ccccc2)n1. The van der Waals surface area contributed by atoms with Crippen molar-refractivity contribution in [2.75, 3.05) is 13.7 Å². The Bertz CT molecular complexity index is 498. The molecule has 0 saturated carbocycles. The second kappa shape index (κ2) is 6.80. The van der Waals surface area contributed by atoms with Crippen LogP contribution in [0.25, 0.3) is 0 Å². The molecule has 0 radical (unpaired) electrons. The van der Waals surface area contributed by atoms with Crippen molar-refractivity contribution in [1.29, 1.82) is 0 Å². The molecular weight excluding hydrogens is 256 g/mol. The number of aromatic nitrogens is 1. The largest absolute Gasteiger partial charge is 0.396 e. The molecule has 0 saturated heterocycles. The minimum Gasteiger partial charge on any atom is -0.396 e. The molecule has 1 unspecified atom stereocenters. The predicted molar refractivity (Wildman–Crippen MR) is 79.2 cm³/mol. The maximum atomic E-state index is 9.28. The number of aliphatic hydroxyl groups is 1. The first-order chi connectivity index (χ1) is 9.20. The Balaban J connectivity index is 2.10. The molecule has 4 heteroatoms. The van der Waals surface area contributed by atoms with E-state index in [1.165, 1.54) is 5.56 Å². The minimum atomic E-state index is 0.195. The van der Waals surface area contributed by atoms with Gasteiger partial charge in [-0.3, -0.25) is 4.90 Å². The highest BCUT2D eigenvalue weighted by atomic mass is 32.1. The van der Waals surface area contributed by atoms with Gasteiger partial charge >= 0.3 is 0 Å². The van der Waals surface area contributed by atoms with Crippen molar-refractivity contribution in [3.05, 3.63) is 52.0 Å². The summed E-state index contributed by atoms with van der Waals surface area (Å²) in [5.74, 6) is 0. The lowest BCUT2D eigenvalue weighted by molar-refractivity contribution is 0.180. The maximum Gasteiger partial charge on any atom is 0.107 e. The molecule has 2 rings (SSSR count). The van der Waals surface area contributed by atoms with Gasteiger partial charge in [0.15, 0.2) is 0 Å². The van der Waals surface area contributed by atoms with Crippen molar-refractivity contribution in [1.82, 2.24) is 9.88 Å². The van der Waals surface area contributed by atoms with Crippen LogP contribution in [-0.4, -0.2) is 28.6 Å². The summed E-state index contributed by atoms with van der Waals surface area (Å²) in [5.41, 5.74) is 2.32. The molecule has 1 atom stereocenters. The lowest BCUT2D eigenvalue weighted by Gasteiger charge is -2.27. The second-order valence-corrected chi connectivity index (χ2v) is 5.68. The van der Waals surface area contributed by atoms with Gasteiger partial charge in [0.25, 0.3) is 0 Å². The molecule has 1 heterocycles. The van der Waals surface area contributed by atoms with Crippen LogP contribution >= 0.6 is 11.3 Å². The fourth-order valence-electron chi connectivity index (χ4n) is 2.24. The van der Waals surface area contributed by atoms with Crippen molar-refractivity contribution >= 4 is 11.3 Å². The van der Waals surface area contributed by atoms with Gasteiger partial charge in [0.05, 0.1) is 6.54 Å². The average Bonchev–Trinajstić information content (AvgIpc) is 2.82. The lowest BCUT2D eigenvalue weighted by atomic mass is 10.0. The molecule has 0 spiro atoms. The summed E-state index contributed by atoms with van der Waals surface area (Å²) in [5, 5.41) is 12.5.